The molecule has 1 aliphatic carbocycles. The Morgan fingerprint density at radius 1 is 1.33 bits per heavy atom. The molecule has 1 fully saturated rings. The first kappa shape index (κ1) is 13.5. The van der Waals surface area contributed by atoms with Gasteiger partial charge in [0.25, 0.3) is 5.91 Å². The van der Waals surface area contributed by atoms with E-state index in [2.05, 4.69) is 4.98 Å². The summed E-state index contributed by atoms with van der Waals surface area (Å²) in [4.78, 5) is 29.1. The largest absolute Gasteiger partial charge is 0.480 e. The lowest BCUT2D eigenvalue weighted by atomic mass is 10.0. The second kappa shape index (κ2) is 5.16. The van der Waals surface area contributed by atoms with Crippen molar-refractivity contribution >= 4 is 22.8 Å². The van der Waals surface area contributed by atoms with Crippen LogP contribution in [0.1, 0.15) is 34.8 Å². The summed E-state index contributed by atoms with van der Waals surface area (Å²) < 4.78 is 0. The van der Waals surface area contributed by atoms with E-state index in [1.54, 1.807) is 0 Å². The Morgan fingerprint density at radius 2 is 2.05 bits per heavy atom. The molecule has 108 valence electrons. The summed E-state index contributed by atoms with van der Waals surface area (Å²) in [6.45, 7) is -0.311. The van der Waals surface area contributed by atoms with Crippen molar-refractivity contribution in [2.24, 2.45) is 0 Å². The summed E-state index contributed by atoms with van der Waals surface area (Å²) in [6.07, 6.45) is 2.20. The van der Waals surface area contributed by atoms with Gasteiger partial charge in [0, 0.05) is 24.0 Å². The van der Waals surface area contributed by atoms with Crippen molar-refractivity contribution in [2.75, 3.05) is 13.6 Å². The molecule has 0 bridgehead atoms. The van der Waals surface area contributed by atoms with Crippen molar-refractivity contribution in [2.45, 2.75) is 18.8 Å². The van der Waals surface area contributed by atoms with Gasteiger partial charge in [-0.3, -0.25) is 14.6 Å². The lowest BCUT2D eigenvalue weighted by Crippen LogP contribution is -2.32. The summed E-state index contributed by atoms with van der Waals surface area (Å²) in [5, 5.41) is 9.61. The molecule has 2 aromatic rings. The number of carbonyl (C=O) groups excluding carboxylic acids is 1. The van der Waals surface area contributed by atoms with Gasteiger partial charge in [0.2, 0.25) is 0 Å². The maximum Gasteiger partial charge on any atom is 0.323 e. The first-order valence-corrected chi connectivity index (χ1v) is 6.93. The van der Waals surface area contributed by atoms with Crippen molar-refractivity contribution in [3.05, 3.63) is 41.6 Å². The van der Waals surface area contributed by atoms with Crippen molar-refractivity contribution in [1.82, 2.24) is 9.88 Å². The van der Waals surface area contributed by atoms with E-state index in [4.69, 9.17) is 5.11 Å². The van der Waals surface area contributed by atoms with Crippen LogP contribution in [0.2, 0.25) is 0 Å². The number of aromatic nitrogens is 1. The van der Waals surface area contributed by atoms with Crippen molar-refractivity contribution in [3.8, 4) is 0 Å². The Labute approximate surface area is 122 Å². The topological polar surface area (TPSA) is 70.5 Å². The third-order valence-corrected chi connectivity index (χ3v) is 3.68. The van der Waals surface area contributed by atoms with Crippen LogP contribution >= 0.6 is 0 Å². The maximum atomic E-state index is 12.5. The zero-order chi connectivity index (χ0) is 15.0. The maximum absolute atomic E-state index is 12.5. The van der Waals surface area contributed by atoms with Gasteiger partial charge in [-0.2, -0.15) is 0 Å². The second-order valence-corrected chi connectivity index (χ2v) is 5.44. The average molecular weight is 284 g/mol. The van der Waals surface area contributed by atoms with E-state index in [1.807, 2.05) is 30.3 Å². The molecule has 1 amide bonds. The SMILES string of the molecule is CN(CC(=O)O)C(=O)c1cc(C2CC2)nc2ccccc12. The predicted molar refractivity (Wildman–Crippen MR) is 78.3 cm³/mol. The Morgan fingerprint density at radius 3 is 2.71 bits per heavy atom. The fourth-order valence-corrected chi connectivity index (χ4v) is 2.44. The highest BCUT2D eigenvalue weighted by Crippen LogP contribution is 2.40. The Kier molecular flexibility index (Phi) is 3.33. The fourth-order valence-electron chi connectivity index (χ4n) is 2.44. The first-order chi connectivity index (χ1) is 10.1. The molecule has 1 N–H and O–H groups in total. The lowest BCUT2D eigenvalue weighted by Gasteiger charge is -2.16. The zero-order valence-corrected chi connectivity index (χ0v) is 11.7. The summed E-state index contributed by atoms with van der Waals surface area (Å²) >= 11 is 0. The minimum atomic E-state index is -1.02. The average Bonchev–Trinajstić information content (AvgIpc) is 3.29. The molecule has 1 aromatic heterocycles. The van der Waals surface area contributed by atoms with Gasteiger partial charge in [0.1, 0.15) is 6.54 Å². The van der Waals surface area contributed by atoms with E-state index in [0.29, 0.717) is 11.5 Å². The molecule has 1 heterocycles. The van der Waals surface area contributed by atoms with Crippen LogP contribution in [0.25, 0.3) is 10.9 Å². The number of carboxylic acid groups (broad SMARTS) is 1. The van der Waals surface area contributed by atoms with Gasteiger partial charge in [0.15, 0.2) is 0 Å². The van der Waals surface area contributed by atoms with Crippen molar-refractivity contribution in [1.29, 1.82) is 0 Å². The summed E-state index contributed by atoms with van der Waals surface area (Å²) in [5.41, 5.74) is 2.25. The number of aliphatic carboxylic acids is 1. The molecular weight excluding hydrogens is 268 g/mol. The number of nitrogens with zero attached hydrogens (tertiary/aromatic N) is 2. The van der Waals surface area contributed by atoms with E-state index in [9.17, 15) is 9.59 Å². The molecule has 0 radical (unpaired) electrons. The van der Waals surface area contributed by atoms with E-state index >= 15 is 0 Å². The Balaban J connectivity index is 2.07. The number of hydrogen-bond acceptors (Lipinski definition) is 3. The quantitative estimate of drug-likeness (QED) is 0.935. The number of hydrogen-bond donors (Lipinski definition) is 1. The van der Waals surface area contributed by atoms with Crippen LogP contribution in [0.3, 0.4) is 0 Å². The highest BCUT2D eigenvalue weighted by Gasteiger charge is 2.27. The van der Waals surface area contributed by atoms with Crippen molar-refractivity contribution in [3.63, 3.8) is 0 Å². The number of benzene rings is 1. The van der Waals surface area contributed by atoms with Crippen LogP contribution in [0.4, 0.5) is 0 Å². The van der Waals surface area contributed by atoms with Gasteiger partial charge in [-0.1, -0.05) is 18.2 Å². The number of carboxylic acids is 1. The molecule has 3 rings (SSSR count). The van der Waals surface area contributed by atoms with Crippen LogP contribution in [-0.2, 0) is 4.79 Å². The Hall–Kier alpha value is -2.43. The molecule has 0 unspecified atom stereocenters. The summed E-state index contributed by atoms with van der Waals surface area (Å²) in [7, 11) is 1.50. The van der Waals surface area contributed by atoms with E-state index in [-0.39, 0.29) is 12.5 Å². The smallest absolute Gasteiger partial charge is 0.323 e. The third kappa shape index (κ3) is 2.72. The first-order valence-electron chi connectivity index (χ1n) is 6.93. The number of rotatable bonds is 4. The van der Waals surface area contributed by atoms with E-state index in [0.717, 1.165) is 29.4 Å². The van der Waals surface area contributed by atoms with Gasteiger partial charge in [-0.05, 0) is 25.0 Å². The molecule has 1 aliphatic rings. The highest BCUT2D eigenvalue weighted by atomic mass is 16.4. The minimum absolute atomic E-state index is 0.280. The molecule has 0 aliphatic heterocycles. The number of carbonyl (C=O) groups is 2. The molecule has 5 nitrogen and oxygen atoms in total. The van der Waals surface area contributed by atoms with Gasteiger partial charge < -0.3 is 10.0 Å². The molecule has 1 aromatic carbocycles. The van der Waals surface area contributed by atoms with Crippen molar-refractivity contribution < 1.29 is 14.7 Å². The van der Waals surface area contributed by atoms with E-state index < -0.39 is 5.97 Å². The number of likely N-dealkylation sites (N-methyl/N-ethyl adjacent to an activating group) is 1. The standard InChI is InChI=1S/C16H16N2O3/c1-18(9-15(19)20)16(21)12-8-14(10-6-7-10)17-13-5-3-2-4-11(12)13/h2-5,8,10H,6-7,9H2,1H3,(H,19,20). The van der Waals surface area contributed by atoms with Crippen LogP contribution in [0.15, 0.2) is 30.3 Å². The van der Waals surface area contributed by atoms with Crippen LogP contribution < -0.4 is 0 Å². The molecule has 0 spiro atoms. The summed E-state index contributed by atoms with van der Waals surface area (Å²) in [6, 6.07) is 9.30. The number of pyridine rings is 1. The monoisotopic (exact) mass is 284 g/mol. The molecule has 0 saturated heterocycles. The van der Waals surface area contributed by atoms with Gasteiger partial charge >= 0.3 is 5.97 Å². The van der Waals surface area contributed by atoms with E-state index in [1.165, 1.54) is 11.9 Å². The van der Waals surface area contributed by atoms with Crippen LogP contribution in [0, 0.1) is 0 Å². The zero-order valence-electron chi connectivity index (χ0n) is 11.7. The van der Waals surface area contributed by atoms with Gasteiger partial charge in [-0.25, -0.2) is 0 Å². The molecular formula is C16H16N2O3. The third-order valence-electron chi connectivity index (χ3n) is 3.68. The number of para-hydroxylation sites is 1. The van der Waals surface area contributed by atoms with Crippen LogP contribution in [-0.4, -0.2) is 40.5 Å². The van der Waals surface area contributed by atoms with Crippen LogP contribution in [0.5, 0.6) is 0 Å². The van der Waals surface area contributed by atoms with Gasteiger partial charge in [0.05, 0.1) is 11.1 Å². The predicted octanol–water partition coefficient (Wildman–Crippen LogP) is 2.27. The molecule has 1 saturated carbocycles. The lowest BCUT2D eigenvalue weighted by molar-refractivity contribution is -0.137. The fraction of sp³-hybridized carbons (Fsp3) is 0.312. The molecule has 21 heavy (non-hydrogen) atoms. The molecule has 5 heteroatoms. The number of fused-ring (bicyclic) bond motifs is 1. The van der Waals surface area contributed by atoms with Gasteiger partial charge in [-0.15, -0.1) is 0 Å². The molecule has 0 atom stereocenters. The highest BCUT2D eigenvalue weighted by molar-refractivity contribution is 6.06. The minimum Gasteiger partial charge on any atom is -0.480 e. The second-order valence-electron chi connectivity index (χ2n) is 5.44. The Bertz CT molecular complexity index is 723. The normalized spacial score (nSPS) is 14.1. The number of amides is 1. The summed E-state index contributed by atoms with van der Waals surface area (Å²) in [5.74, 6) is -0.865.